The lowest BCUT2D eigenvalue weighted by Gasteiger charge is -2.14. The molecule has 5 rings (SSSR count). The fourth-order valence-corrected chi connectivity index (χ4v) is 4.17. The van der Waals surface area contributed by atoms with Crippen LogP contribution in [0.25, 0.3) is 16.8 Å². The van der Waals surface area contributed by atoms with Gasteiger partial charge in [-0.05, 0) is 35.0 Å². The first-order valence-corrected chi connectivity index (χ1v) is 11.0. The van der Waals surface area contributed by atoms with E-state index in [1.807, 2.05) is 72.8 Å². The molecule has 0 saturated heterocycles. The van der Waals surface area contributed by atoms with Crippen molar-refractivity contribution in [1.29, 1.82) is 0 Å². The van der Waals surface area contributed by atoms with Gasteiger partial charge in [-0.3, -0.25) is 0 Å². The van der Waals surface area contributed by atoms with Crippen LogP contribution in [0.4, 0.5) is 0 Å². The van der Waals surface area contributed by atoms with Crippen molar-refractivity contribution < 1.29 is 14.4 Å². The monoisotopic (exact) mass is 473 g/mol. The highest BCUT2D eigenvalue weighted by molar-refractivity contribution is 6.35. The van der Waals surface area contributed by atoms with E-state index >= 15 is 0 Å². The van der Waals surface area contributed by atoms with Gasteiger partial charge in [0.25, 0.3) is 0 Å². The molecule has 0 bridgehead atoms. The molecule has 162 valence electrons. The Labute approximate surface area is 200 Å². The molecule has 4 aromatic carbocycles. The molecule has 6 heteroatoms. The van der Waals surface area contributed by atoms with Crippen molar-refractivity contribution in [3.05, 3.63) is 117 Å². The molecule has 0 radical (unpaired) electrons. The number of carbonyl (C=O) groups is 1. The van der Waals surface area contributed by atoms with Gasteiger partial charge in [0.2, 0.25) is 0 Å². The maximum absolute atomic E-state index is 12.6. The van der Waals surface area contributed by atoms with Gasteiger partial charge < -0.3 is 9.57 Å². The molecule has 0 aliphatic carbocycles. The molecule has 0 atom stereocenters. The van der Waals surface area contributed by atoms with Crippen molar-refractivity contribution in [2.75, 3.05) is 0 Å². The minimum Gasteiger partial charge on any atom is -0.488 e. The number of oxime groups is 1. The Morgan fingerprint density at radius 2 is 1.70 bits per heavy atom. The second-order valence-electron chi connectivity index (χ2n) is 7.47. The topological polar surface area (TPSA) is 47.9 Å². The van der Waals surface area contributed by atoms with Crippen LogP contribution < -0.4 is 4.74 Å². The Bertz CT molecular complexity index is 1430. The average molecular weight is 474 g/mol. The van der Waals surface area contributed by atoms with Crippen LogP contribution in [0.5, 0.6) is 5.75 Å². The molecule has 0 aromatic heterocycles. The Balaban J connectivity index is 1.59. The van der Waals surface area contributed by atoms with Gasteiger partial charge in [-0.1, -0.05) is 95.1 Å². The molecule has 1 heterocycles. The van der Waals surface area contributed by atoms with E-state index in [1.165, 1.54) is 0 Å². The number of carbonyl (C=O) groups excluding carboxylic acids is 1. The second kappa shape index (κ2) is 9.10. The Morgan fingerprint density at radius 3 is 2.52 bits per heavy atom. The van der Waals surface area contributed by atoms with Gasteiger partial charge in [0.15, 0.2) is 0 Å². The van der Waals surface area contributed by atoms with Crippen LogP contribution in [0.3, 0.4) is 0 Å². The highest BCUT2D eigenvalue weighted by Gasteiger charge is 2.27. The third kappa shape index (κ3) is 4.36. The van der Waals surface area contributed by atoms with Gasteiger partial charge in [0.05, 0.1) is 5.57 Å². The van der Waals surface area contributed by atoms with Gasteiger partial charge in [-0.15, -0.1) is 0 Å². The Kier molecular flexibility index (Phi) is 5.86. The quantitative estimate of drug-likeness (QED) is 0.230. The summed E-state index contributed by atoms with van der Waals surface area (Å²) < 4.78 is 6.17. The fraction of sp³-hybridized carbons (Fsp3) is 0.0370. The summed E-state index contributed by atoms with van der Waals surface area (Å²) in [5.41, 5.74) is 3.22. The van der Waals surface area contributed by atoms with Gasteiger partial charge >= 0.3 is 5.97 Å². The van der Waals surface area contributed by atoms with E-state index in [2.05, 4.69) is 5.16 Å². The van der Waals surface area contributed by atoms with Crippen molar-refractivity contribution in [3.8, 4) is 5.75 Å². The van der Waals surface area contributed by atoms with Crippen molar-refractivity contribution in [3.63, 3.8) is 0 Å². The first-order chi connectivity index (χ1) is 16.1. The van der Waals surface area contributed by atoms with Crippen molar-refractivity contribution >= 4 is 51.7 Å². The summed E-state index contributed by atoms with van der Waals surface area (Å²) in [6.07, 6.45) is 1.78. The van der Waals surface area contributed by atoms with Gasteiger partial charge in [0.1, 0.15) is 18.1 Å². The van der Waals surface area contributed by atoms with E-state index in [0.717, 1.165) is 27.5 Å². The zero-order chi connectivity index (χ0) is 22.8. The first kappa shape index (κ1) is 21.3. The van der Waals surface area contributed by atoms with Crippen molar-refractivity contribution in [1.82, 2.24) is 0 Å². The number of nitrogens with zero attached hydrogens (tertiary/aromatic N) is 1. The van der Waals surface area contributed by atoms with Gasteiger partial charge in [-0.2, -0.15) is 0 Å². The number of benzene rings is 4. The molecule has 1 aliphatic heterocycles. The molecule has 0 amide bonds. The van der Waals surface area contributed by atoms with Crippen LogP contribution in [-0.2, 0) is 16.2 Å². The summed E-state index contributed by atoms with van der Waals surface area (Å²) in [4.78, 5) is 17.6. The van der Waals surface area contributed by atoms with Crippen LogP contribution in [-0.4, -0.2) is 11.7 Å². The predicted molar refractivity (Wildman–Crippen MR) is 132 cm³/mol. The molecule has 0 saturated carbocycles. The number of hydrogen-bond donors (Lipinski definition) is 0. The largest absolute Gasteiger partial charge is 0.488 e. The summed E-state index contributed by atoms with van der Waals surface area (Å²) in [6, 6.07) is 26.5. The second-order valence-corrected chi connectivity index (χ2v) is 8.31. The SMILES string of the molecule is O=C1ON=C(c2ccccc2)/C1=C/c1c(OCc2ccc(Cl)cc2Cl)ccc2ccccc12. The number of rotatable bonds is 5. The maximum atomic E-state index is 12.6. The molecule has 0 unspecified atom stereocenters. The molecule has 0 fully saturated rings. The third-order valence-corrected chi connectivity index (χ3v) is 5.95. The maximum Gasteiger partial charge on any atom is 0.368 e. The molecule has 0 spiro atoms. The molecule has 4 aromatic rings. The summed E-state index contributed by atoms with van der Waals surface area (Å²) in [5.74, 6) is 0.104. The lowest BCUT2D eigenvalue weighted by Crippen LogP contribution is -2.07. The van der Waals surface area contributed by atoms with Gasteiger partial charge in [0, 0.05) is 26.7 Å². The highest BCUT2D eigenvalue weighted by atomic mass is 35.5. The molecule has 4 nitrogen and oxygen atoms in total. The summed E-state index contributed by atoms with van der Waals surface area (Å²) in [6.45, 7) is 0.245. The van der Waals surface area contributed by atoms with E-state index in [-0.39, 0.29) is 6.61 Å². The van der Waals surface area contributed by atoms with E-state index in [1.54, 1.807) is 18.2 Å². The Morgan fingerprint density at radius 1 is 0.909 bits per heavy atom. The molecule has 33 heavy (non-hydrogen) atoms. The zero-order valence-corrected chi connectivity index (χ0v) is 18.8. The summed E-state index contributed by atoms with van der Waals surface area (Å²) in [7, 11) is 0. The number of fused-ring (bicyclic) bond motifs is 1. The van der Waals surface area contributed by atoms with Crippen molar-refractivity contribution in [2.45, 2.75) is 6.61 Å². The molecular weight excluding hydrogens is 457 g/mol. The van der Waals surface area contributed by atoms with E-state index in [0.29, 0.717) is 27.1 Å². The Hall–Kier alpha value is -3.60. The van der Waals surface area contributed by atoms with E-state index in [4.69, 9.17) is 32.8 Å². The van der Waals surface area contributed by atoms with E-state index in [9.17, 15) is 4.79 Å². The van der Waals surface area contributed by atoms with Crippen LogP contribution >= 0.6 is 23.2 Å². The van der Waals surface area contributed by atoms with Gasteiger partial charge in [-0.25, -0.2) is 4.79 Å². The highest BCUT2D eigenvalue weighted by Crippen LogP contribution is 2.33. The smallest absolute Gasteiger partial charge is 0.368 e. The number of ether oxygens (including phenoxy) is 1. The summed E-state index contributed by atoms with van der Waals surface area (Å²) >= 11 is 12.3. The van der Waals surface area contributed by atoms with Crippen LogP contribution in [0.2, 0.25) is 10.0 Å². The van der Waals surface area contributed by atoms with Crippen LogP contribution in [0.1, 0.15) is 16.7 Å². The van der Waals surface area contributed by atoms with Crippen molar-refractivity contribution in [2.24, 2.45) is 5.16 Å². The number of hydrogen-bond acceptors (Lipinski definition) is 4. The standard InChI is InChI=1S/C27H17Cl2NO3/c28-20-12-10-19(24(29)14-20)16-32-25-13-11-17-6-4-5-9-21(17)22(25)15-23-26(30-33-27(23)31)18-7-2-1-3-8-18/h1-15H,16H2/b23-15-. The molecule has 1 aliphatic rings. The lowest BCUT2D eigenvalue weighted by molar-refractivity contribution is -0.136. The predicted octanol–water partition coefficient (Wildman–Crippen LogP) is 7.07. The average Bonchev–Trinajstić information content (AvgIpc) is 3.20. The molecule has 0 N–H and O–H groups in total. The first-order valence-electron chi connectivity index (χ1n) is 10.3. The van der Waals surface area contributed by atoms with Crippen LogP contribution in [0, 0.1) is 0 Å². The number of halogens is 2. The van der Waals surface area contributed by atoms with E-state index < -0.39 is 5.97 Å². The zero-order valence-electron chi connectivity index (χ0n) is 17.3. The minimum atomic E-state index is -0.506. The summed E-state index contributed by atoms with van der Waals surface area (Å²) in [5, 5.41) is 7.07. The fourth-order valence-electron chi connectivity index (χ4n) is 3.70. The molecular formula is C27H17Cl2NO3. The lowest BCUT2D eigenvalue weighted by atomic mass is 9.97. The third-order valence-electron chi connectivity index (χ3n) is 5.36. The van der Waals surface area contributed by atoms with Crippen LogP contribution in [0.15, 0.2) is 95.7 Å². The normalized spacial score (nSPS) is 14.4. The minimum absolute atomic E-state index is 0.245.